The Labute approximate surface area is 106 Å². The van der Waals surface area contributed by atoms with Crippen molar-refractivity contribution >= 4 is 5.84 Å². The molecule has 1 fully saturated rings. The van der Waals surface area contributed by atoms with Gasteiger partial charge < -0.3 is 10.9 Å². The minimum absolute atomic E-state index is 0.00533. The average molecular weight is 252 g/mol. The van der Waals surface area contributed by atoms with Gasteiger partial charge in [-0.25, -0.2) is 9.67 Å². The van der Waals surface area contributed by atoms with Crippen molar-refractivity contribution in [1.82, 2.24) is 19.7 Å². The van der Waals surface area contributed by atoms with Gasteiger partial charge in [-0.15, -0.1) is 0 Å². The first-order valence-corrected chi connectivity index (χ1v) is 6.34. The van der Waals surface area contributed by atoms with Gasteiger partial charge in [0, 0.05) is 6.54 Å². The van der Waals surface area contributed by atoms with Gasteiger partial charge in [-0.1, -0.05) is 11.6 Å². The summed E-state index contributed by atoms with van der Waals surface area (Å²) in [4.78, 5) is 6.47. The summed E-state index contributed by atoms with van der Waals surface area (Å²) in [5, 5.41) is 16.1. The van der Waals surface area contributed by atoms with Crippen molar-refractivity contribution in [3.8, 4) is 0 Å². The molecular weight excluding hydrogens is 232 g/mol. The second-order valence-corrected chi connectivity index (χ2v) is 4.50. The predicted molar refractivity (Wildman–Crippen MR) is 67.2 cm³/mol. The van der Waals surface area contributed by atoms with E-state index in [0.29, 0.717) is 6.54 Å². The summed E-state index contributed by atoms with van der Waals surface area (Å²) < 4.78 is 1.87. The van der Waals surface area contributed by atoms with Crippen molar-refractivity contribution in [3.63, 3.8) is 0 Å². The van der Waals surface area contributed by atoms with Gasteiger partial charge in [-0.05, 0) is 26.3 Å². The molecule has 0 radical (unpaired) electrons. The van der Waals surface area contributed by atoms with Crippen LogP contribution in [-0.4, -0.2) is 43.3 Å². The number of hydrogen-bond acceptors (Lipinski definition) is 5. The molecule has 0 spiro atoms. The van der Waals surface area contributed by atoms with Crippen molar-refractivity contribution in [2.24, 2.45) is 10.9 Å². The summed E-state index contributed by atoms with van der Waals surface area (Å²) in [6, 6.07) is 0.00533. The standard InChI is InChI=1S/C11H20N6O/c1-2-17-10(13-8-14-17)7-16-6-4-3-5-9(16)11(12)15-18/h8-9,18H,2-7H2,1H3,(H2,12,15). The molecule has 1 aliphatic rings. The number of nitrogens with zero attached hydrogens (tertiary/aromatic N) is 5. The number of amidine groups is 1. The van der Waals surface area contributed by atoms with Crippen LogP contribution in [0.25, 0.3) is 0 Å². The van der Waals surface area contributed by atoms with Crippen molar-refractivity contribution in [2.45, 2.75) is 45.3 Å². The zero-order chi connectivity index (χ0) is 13.0. The molecule has 7 nitrogen and oxygen atoms in total. The zero-order valence-electron chi connectivity index (χ0n) is 10.7. The number of aromatic nitrogens is 3. The van der Waals surface area contributed by atoms with E-state index in [0.717, 1.165) is 38.2 Å². The first-order valence-electron chi connectivity index (χ1n) is 6.34. The van der Waals surface area contributed by atoms with Crippen LogP contribution >= 0.6 is 0 Å². The lowest BCUT2D eigenvalue weighted by Gasteiger charge is -2.34. The minimum Gasteiger partial charge on any atom is -0.409 e. The summed E-state index contributed by atoms with van der Waals surface area (Å²) in [5.74, 6) is 1.22. The SMILES string of the molecule is CCn1ncnc1CN1CCCCC1C(N)=NO. The Morgan fingerprint density at radius 2 is 2.44 bits per heavy atom. The average Bonchev–Trinajstić information content (AvgIpc) is 2.86. The molecule has 1 unspecified atom stereocenters. The molecule has 0 saturated carbocycles. The van der Waals surface area contributed by atoms with Gasteiger partial charge in [-0.3, -0.25) is 4.90 Å². The van der Waals surface area contributed by atoms with E-state index < -0.39 is 0 Å². The van der Waals surface area contributed by atoms with Crippen LogP contribution in [0.3, 0.4) is 0 Å². The highest BCUT2D eigenvalue weighted by molar-refractivity contribution is 5.85. The van der Waals surface area contributed by atoms with Crippen molar-refractivity contribution in [2.75, 3.05) is 6.54 Å². The van der Waals surface area contributed by atoms with Crippen LogP contribution < -0.4 is 5.73 Å². The minimum atomic E-state index is 0.00533. The smallest absolute Gasteiger partial charge is 0.156 e. The number of aryl methyl sites for hydroxylation is 1. The van der Waals surface area contributed by atoms with E-state index >= 15 is 0 Å². The van der Waals surface area contributed by atoms with Crippen LogP contribution in [0.1, 0.15) is 32.0 Å². The van der Waals surface area contributed by atoms with E-state index in [2.05, 4.69) is 20.1 Å². The predicted octanol–water partition coefficient (Wildman–Crippen LogP) is 0.399. The van der Waals surface area contributed by atoms with E-state index in [4.69, 9.17) is 10.9 Å². The molecule has 18 heavy (non-hydrogen) atoms. The van der Waals surface area contributed by atoms with E-state index in [1.165, 1.54) is 0 Å². The Morgan fingerprint density at radius 1 is 1.61 bits per heavy atom. The van der Waals surface area contributed by atoms with Gasteiger partial charge in [0.1, 0.15) is 12.2 Å². The Hall–Kier alpha value is -1.63. The van der Waals surface area contributed by atoms with Crippen LogP contribution in [0.5, 0.6) is 0 Å². The van der Waals surface area contributed by atoms with Crippen molar-refractivity contribution < 1.29 is 5.21 Å². The Morgan fingerprint density at radius 3 is 3.17 bits per heavy atom. The summed E-state index contributed by atoms with van der Waals surface area (Å²) in [6.45, 7) is 4.47. The molecule has 1 aromatic rings. The number of hydrogen-bond donors (Lipinski definition) is 2. The first kappa shape index (κ1) is 12.8. The van der Waals surface area contributed by atoms with Gasteiger partial charge in [-0.2, -0.15) is 5.10 Å². The zero-order valence-corrected chi connectivity index (χ0v) is 10.7. The molecule has 1 aliphatic heterocycles. The molecule has 0 aliphatic carbocycles. The Kier molecular flexibility index (Phi) is 4.14. The van der Waals surface area contributed by atoms with Gasteiger partial charge >= 0.3 is 0 Å². The molecule has 3 N–H and O–H groups in total. The Bertz CT molecular complexity index is 415. The number of likely N-dealkylation sites (tertiary alicyclic amines) is 1. The maximum Gasteiger partial charge on any atom is 0.156 e. The highest BCUT2D eigenvalue weighted by Gasteiger charge is 2.27. The molecule has 2 heterocycles. The largest absolute Gasteiger partial charge is 0.409 e. The molecular formula is C11H20N6O. The van der Waals surface area contributed by atoms with Gasteiger partial charge in [0.2, 0.25) is 0 Å². The third-order valence-electron chi connectivity index (χ3n) is 3.41. The highest BCUT2D eigenvalue weighted by atomic mass is 16.4. The summed E-state index contributed by atoms with van der Waals surface area (Å²) in [7, 11) is 0. The monoisotopic (exact) mass is 252 g/mol. The topological polar surface area (TPSA) is 92.6 Å². The molecule has 2 rings (SSSR count). The van der Waals surface area contributed by atoms with E-state index in [1.807, 2.05) is 11.6 Å². The lowest BCUT2D eigenvalue weighted by atomic mass is 10.0. The van der Waals surface area contributed by atoms with Crippen molar-refractivity contribution in [1.29, 1.82) is 0 Å². The van der Waals surface area contributed by atoms with Crippen LogP contribution in [-0.2, 0) is 13.1 Å². The second kappa shape index (κ2) is 5.81. The maximum absolute atomic E-state index is 8.83. The molecule has 7 heteroatoms. The molecule has 0 aromatic carbocycles. The number of nitrogens with two attached hydrogens (primary N) is 1. The summed E-state index contributed by atoms with van der Waals surface area (Å²) >= 11 is 0. The second-order valence-electron chi connectivity index (χ2n) is 4.50. The summed E-state index contributed by atoms with van der Waals surface area (Å²) in [6.07, 6.45) is 4.74. The normalized spacial score (nSPS) is 22.3. The molecule has 1 aromatic heterocycles. The highest BCUT2D eigenvalue weighted by Crippen LogP contribution is 2.19. The third-order valence-corrected chi connectivity index (χ3v) is 3.41. The van der Waals surface area contributed by atoms with Gasteiger partial charge in [0.25, 0.3) is 0 Å². The van der Waals surface area contributed by atoms with Crippen LogP contribution in [0.15, 0.2) is 11.5 Å². The lowest BCUT2D eigenvalue weighted by Crippen LogP contribution is -2.47. The third kappa shape index (κ3) is 2.61. The summed E-state index contributed by atoms with van der Waals surface area (Å²) in [5.41, 5.74) is 5.75. The van der Waals surface area contributed by atoms with Gasteiger partial charge in [0.15, 0.2) is 5.84 Å². The first-order chi connectivity index (χ1) is 8.76. The lowest BCUT2D eigenvalue weighted by molar-refractivity contribution is 0.171. The van der Waals surface area contributed by atoms with E-state index in [9.17, 15) is 0 Å². The number of piperidine rings is 1. The molecule has 1 atom stereocenters. The fraction of sp³-hybridized carbons (Fsp3) is 0.727. The molecule has 100 valence electrons. The fourth-order valence-electron chi connectivity index (χ4n) is 2.44. The van der Waals surface area contributed by atoms with Crippen LogP contribution in [0.4, 0.5) is 0 Å². The van der Waals surface area contributed by atoms with Gasteiger partial charge in [0.05, 0.1) is 12.6 Å². The Balaban J connectivity index is 2.10. The number of rotatable bonds is 4. The van der Waals surface area contributed by atoms with Crippen molar-refractivity contribution in [3.05, 3.63) is 12.2 Å². The molecule has 1 saturated heterocycles. The molecule has 0 amide bonds. The fourth-order valence-corrected chi connectivity index (χ4v) is 2.44. The van der Waals surface area contributed by atoms with E-state index in [-0.39, 0.29) is 11.9 Å². The van der Waals surface area contributed by atoms with Crippen LogP contribution in [0, 0.1) is 0 Å². The van der Waals surface area contributed by atoms with E-state index in [1.54, 1.807) is 6.33 Å². The van der Waals surface area contributed by atoms with Crippen LogP contribution in [0.2, 0.25) is 0 Å². The number of oxime groups is 1. The molecule has 0 bridgehead atoms. The quantitative estimate of drug-likeness (QED) is 0.350. The maximum atomic E-state index is 8.83.